The van der Waals surface area contributed by atoms with Crippen LogP contribution in [0, 0.1) is 33.4 Å². The first-order valence-electron chi connectivity index (χ1n) is 5.00. The van der Waals surface area contributed by atoms with Crippen LogP contribution in [0.15, 0.2) is 0 Å². The van der Waals surface area contributed by atoms with Crippen LogP contribution in [0.25, 0.3) is 0 Å². The van der Waals surface area contributed by atoms with Crippen molar-refractivity contribution in [3.05, 3.63) is 33.4 Å². The van der Waals surface area contributed by atoms with Gasteiger partial charge in [-0.1, -0.05) is 0 Å². The maximum absolute atomic E-state index is 13.4. The predicted molar refractivity (Wildman–Crippen MR) is 56.7 cm³/mol. The van der Waals surface area contributed by atoms with E-state index < -0.39 is 45.7 Å². The van der Waals surface area contributed by atoms with Crippen LogP contribution >= 0.6 is 0 Å². The summed E-state index contributed by atoms with van der Waals surface area (Å²) < 4.78 is 56.7. The van der Waals surface area contributed by atoms with Crippen molar-refractivity contribution in [3.8, 4) is 0 Å². The monoisotopic (exact) mass is 297 g/mol. The number of benzene rings is 1. The van der Waals surface area contributed by atoms with E-state index in [1.165, 1.54) is 6.92 Å². The molecule has 0 aromatic heterocycles. The van der Waals surface area contributed by atoms with Crippen LogP contribution in [0.2, 0.25) is 0 Å². The zero-order valence-corrected chi connectivity index (χ0v) is 9.80. The number of halogens is 4. The molecule has 0 atom stereocenters. The zero-order valence-electron chi connectivity index (χ0n) is 9.80. The fourth-order valence-electron chi connectivity index (χ4n) is 1.19. The Labute approximate surface area is 108 Å². The number of amides is 1. The number of ether oxygens (including phenoxy) is 1. The van der Waals surface area contributed by atoms with Crippen LogP contribution in [0.1, 0.15) is 6.92 Å². The average molecular weight is 297 g/mol. The van der Waals surface area contributed by atoms with Crippen LogP contribution in [0.3, 0.4) is 0 Å². The van der Waals surface area contributed by atoms with Gasteiger partial charge >= 0.3 is 11.8 Å². The number of nitrogens with one attached hydrogen (secondary N) is 2. The minimum Gasteiger partial charge on any atom is -0.449 e. The fourth-order valence-corrected chi connectivity index (χ4v) is 1.19. The van der Waals surface area contributed by atoms with Crippen LogP contribution in [0.4, 0.5) is 33.7 Å². The van der Waals surface area contributed by atoms with Gasteiger partial charge in [0.2, 0.25) is 11.6 Å². The molecule has 0 radical (unpaired) electrons. The number of anilines is 1. The van der Waals surface area contributed by atoms with Crippen molar-refractivity contribution in [1.29, 1.82) is 0 Å². The van der Waals surface area contributed by atoms with Gasteiger partial charge in [0.25, 0.3) is 0 Å². The summed E-state index contributed by atoms with van der Waals surface area (Å²) in [5.41, 5.74) is 0.0953. The summed E-state index contributed by atoms with van der Waals surface area (Å²) in [5, 5.41) is 10.6. The Hall–Kier alpha value is -2.59. The molecule has 11 heteroatoms. The van der Waals surface area contributed by atoms with E-state index in [9.17, 15) is 32.5 Å². The summed E-state index contributed by atoms with van der Waals surface area (Å²) in [6, 6.07) is 0. The second-order valence-corrected chi connectivity index (χ2v) is 3.21. The van der Waals surface area contributed by atoms with Gasteiger partial charge in [-0.05, 0) is 6.92 Å². The third kappa shape index (κ3) is 2.87. The maximum Gasteiger partial charge on any atom is 0.425 e. The fraction of sp³-hybridized carbons (Fsp3) is 0.222. The van der Waals surface area contributed by atoms with Crippen molar-refractivity contribution in [2.75, 3.05) is 12.0 Å². The molecule has 0 aliphatic carbocycles. The molecule has 7 nitrogen and oxygen atoms in total. The summed E-state index contributed by atoms with van der Waals surface area (Å²) >= 11 is 0. The summed E-state index contributed by atoms with van der Waals surface area (Å²) in [5.74, 6) is -8.87. The van der Waals surface area contributed by atoms with Crippen LogP contribution in [-0.4, -0.2) is 17.6 Å². The van der Waals surface area contributed by atoms with E-state index >= 15 is 0 Å². The molecule has 0 saturated heterocycles. The first kappa shape index (κ1) is 15.5. The SMILES string of the molecule is CCOC(=O)NNc1c(F)c(F)c(F)c(F)c1[N+](=O)[O-]. The smallest absolute Gasteiger partial charge is 0.425 e. The highest BCUT2D eigenvalue weighted by Gasteiger charge is 2.33. The van der Waals surface area contributed by atoms with Gasteiger partial charge in [0.05, 0.1) is 11.5 Å². The zero-order chi connectivity index (χ0) is 15.4. The number of hydrogen-bond acceptors (Lipinski definition) is 5. The minimum absolute atomic E-state index is 0.0791. The van der Waals surface area contributed by atoms with Gasteiger partial charge in [-0.2, -0.15) is 4.39 Å². The number of hydrogen-bond donors (Lipinski definition) is 2. The number of carbonyl (C=O) groups is 1. The Bertz CT molecular complexity index is 567. The summed E-state index contributed by atoms with van der Waals surface area (Å²) in [4.78, 5) is 20.0. The first-order valence-corrected chi connectivity index (χ1v) is 5.00. The molecule has 110 valence electrons. The molecule has 0 saturated carbocycles. The number of rotatable bonds is 4. The third-order valence-corrected chi connectivity index (χ3v) is 1.99. The molecule has 1 aromatic carbocycles. The number of carbonyl (C=O) groups excluding carboxylic acids is 1. The molecule has 1 rings (SSSR count). The second kappa shape index (κ2) is 6.04. The van der Waals surface area contributed by atoms with E-state index in [1.54, 1.807) is 10.9 Å². The molecule has 0 unspecified atom stereocenters. The normalized spacial score (nSPS) is 10.1. The van der Waals surface area contributed by atoms with E-state index in [0.29, 0.717) is 0 Å². The highest BCUT2D eigenvalue weighted by Crippen LogP contribution is 2.33. The Kier molecular flexibility index (Phi) is 4.67. The molecule has 0 aliphatic heterocycles. The number of hydrazine groups is 1. The third-order valence-electron chi connectivity index (χ3n) is 1.99. The van der Waals surface area contributed by atoms with Crippen molar-refractivity contribution >= 4 is 17.5 Å². The topological polar surface area (TPSA) is 93.5 Å². The Morgan fingerprint density at radius 2 is 1.75 bits per heavy atom. The molecule has 0 heterocycles. The van der Waals surface area contributed by atoms with Gasteiger partial charge in [0.1, 0.15) is 0 Å². The van der Waals surface area contributed by atoms with Crippen LogP contribution in [-0.2, 0) is 4.74 Å². The van der Waals surface area contributed by atoms with Gasteiger partial charge in [-0.3, -0.25) is 15.5 Å². The van der Waals surface area contributed by atoms with E-state index in [0.717, 1.165) is 0 Å². The lowest BCUT2D eigenvalue weighted by molar-refractivity contribution is -0.387. The Morgan fingerprint density at radius 1 is 1.20 bits per heavy atom. The molecule has 2 N–H and O–H groups in total. The second-order valence-electron chi connectivity index (χ2n) is 3.21. The lowest BCUT2D eigenvalue weighted by Crippen LogP contribution is -2.31. The van der Waals surface area contributed by atoms with Gasteiger partial charge in [0, 0.05) is 0 Å². The maximum atomic E-state index is 13.4. The number of nitro groups is 1. The standard InChI is InChI=1S/C9H7F4N3O4/c1-2-20-9(17)15-14-7-5(12)3(10)4(11)6(13)8(7)16(18)19/h14H,2H2,1H3,(H,15,17). The van der Waals surface area contributed by atoms with Gasteiger partial charge in [0.15, 0.2) is 17.3 Å². The van der Waals surface area contributed by atoms with Crippen molar-refractivity contribution in [2.45, 2.75) is 6.92 Å². The molecule has 0 fully saturated rings. The Balaban J connectivity index is 3.23. The average Bonchev–Trinajstić information content (AvgIpc) is 2.38. The number of nitro benzene ring substituents is 1. The highest BCUT2D eigenvalue weighted by molar-refractivity contribution is 5.72. The van der Waals surface area contributed by atoms with E-state index in [1.807, 2.05) is 0 Å². The lowest BCUT2D eigenvalue weighted by Gasteiger charge is -2.10. The van der Waals surface area contributed by atoms with Gasteiger partial charge < -0.3 is 4.74 Å². The van der Waals surface area contributed by atoms with E-state index in [4.69, 9.17) is 0 Å². The van der Waals surface area contributed by atoms with Crippen molar-refractivity contribution in [2.24, 2.45) is 0 Å². The van der Waals surface area contributed by atoms with E-state index in [2.05, 4.69) is 4.74 Å². The lowest BCUT2D eigenvalue weighted by atomic mass is 10.2. The van der Waals surface area contributed by atoms with E-state index in [-0.39, 0.29) is 6.61 Å². The molecule has 1 amide bonds. The van der Waals surface area contributed by atoms with Crippen LogP contribution in [0.5, 0.6) is 0 Å². The van der Waals surface area contributed by atoms with Crippen molar-refractivity contribution in [1.82, 2.24) is 5.43 Å². The van der Waals surface area contributed by atoms with Gasteiger partial charge in [-0.25, -0.2) is 23.4 Å². The minimum atomic E-state index is -2.34. The molecular formula is C9H7F4N3O4. The first-order chi connectivity index (χ1) is 9.31. The molecule has 1 aromatic rings. The number of nitrogens with zero attached hydrogens (tertiary/aromatic N) is 1. The quantitative estimate of drug-likeness (QED) is 0.292. The summed E-state index contributed by atoms with van der Waals surface area (Å²) in [7, 11) is 0. The summed E-state index contributed by atoms with van der Waals surface area (Å²) in [6.07, 6.45) is -1.19. The van der Waals surface area contributed by atoms with Crippen LogP contribution < -0.4 is 10.9 Å². The predicted octanol–water partition coefficient (Wildman–Crippen LogP) is 2.22. The Morgan fingerprint density at radius 3 is 2.25 bits per heavy atom. The molecule has 0 spiro atoms. The van der Waals surface area contributed by atoms with Gasteiger partial charge in [-0.15, -0.1) is 0 Å². The summed E-state index contributed by atoms with van der Waals surface area (Å²) in [6.45, 7) is 1.35. The molecule has 0 aliphatic rings. The van der Waals surface area contributed by atoms with Crippen molar-refractivity contribution < 1.29 is 32.0 Å². The molecular weight excluding hydrogens is 290 g/mol. The molecule has 20 heavy (non-hydrogen) atoms. The highest BCUT2D eigenvalue weighted by atomic mass is 19.2. The molecule has 0 bridgehead atoms. The largest absolute Gasteiger partial charge is 0.449 e. The van der Waals surface area contributed by atoms with Crippen molar-refractivity contribution in [3.63, 3.8) is 0 Å².